The van der Waals surface area contributed by atoms with E-state index in [1.165, 1.54) is 19.5 Å². The number of aryl methyl sites for hydroxylation is 1. The van der Waals surface area contributed by atoms with Gasteiger partial charge in [0, 0.05) is 11.6 Å². The van der Waals surface area contributed by atoms with Crippen LogP contribution in [0.5, 0.6) is 5.88 Å². The monoisotopic (exact) mass is 515 g/mol. The summed E-state index contributed by atoms with van der Waals surface area (Å²) in [6, 6.07) is 9.76. The molecule has 37 heavy (non-hydrogen) atoms. The number of rotatable bonds is 6. The first-order valence-corrected chi connectivity index (χ1v) is 11.6. The highest BCUT2D eigenvalue weighted by atomic mass is 19.4. The fraction of sp³-hybridized carbons (Fsp3) is 0.360. The second-order valence-electron chi connectivity index (χ2n) is 9.10. The van der Waals surface area contributed by atoms with Crippen LogP contribution in [0.25, 0.3) is 21.9 Å². The van der Waals surface area contributed by atoms with Gasteiger partial charge >= 0.3 is 12.1 Å². The molecule has 1 aliphatic rings. The van der Waals surface area contributed by atoms with Crippen molar-refractivity contribution in [3.63, 3.8) is 0 Å². The molecule has 0 saturated heterocycles. The molecule has 4 atom stereocenters. The number of hydrogen-bond donors (Lipinski definition) is 3. The first kappa shape index (κ1) is 24.9. The van der Waals surface area contributed by atoms with Gasteiger partial charge in [0.25, 0.3) is 0 Å². The number of ether oxygens (including phenoxy) is 1. The Morgan fingerprint density at radius 1 is 1.16 bits per heavy atom. The summed E-state index contributed by atoms with van der Waals surface area (Å²) >= 11 is 0. The number of pyridine rings is 1. The van der Waals surface area contributed by atoms with Crippen LogP contribution in [-0.2, 0) is 11.2 Å². The largest absolute Gasteiger partial charge is 0.480 e. The van der Waals surface area contributed by atoms with Gasteiger partial charge in [-0.3, -0.25) is 4.79 Å². The zero-order chi connectivity index (χ0) is 26.3. The van der Waals surface area contributed by atoms with E-state index in [-0.39, 0.29) is 17.8 Å². The van der Waals surface area contributed by atoms with Gasteiger partial charge in [-0.05, 0) is 55.0 Å². The van der Waals surface area contributed by atoms with Gasteiger partial charge in [-0.25, -0.2) is 15.0 Å². The molecule has 1 saturated carbocycles. The lowest BCUT2D eigenvalue weighted by molar-refractivity contribution is -0.167. The van der Waals surface area contributed by atoms with Gasteiger partial charge in [-0.15, -0.1) is 0 Å². The van der Waals surface area contributed by atoms with Crippen LogP contribution in [0.2, 0.25) is 0 Å². The number of halogens is 3. The number of methoxy groups -OCH3 is 1. The molecule has 0 aliphatic heterocycles. The minimum Gasteiger partial charge on any atom is -0.480 e. The average Bonchev–Trinajstić information content (AvgIpc) is 3.42. The van der Waals surface area contributed by atoms with Gasteiger partial charge < -0.3 is 24.8 Å². The number of alkyl halides is 3. The third kappa shape index (κ3) is 4.81. The van der Waals surface area contributed by atoms with Crippen LogP contribution in [0, 0.1) is 5.92 Å². The number of aliphatic hydroxyl groups excluding tert-OH is 2. The fourth-order valence-electron chi connectivity index (χ4n) is 4.97. The zero-order valence-electron chi connectivity index (χ0n) is 19.7. The molecule has 1 aliphatic carbocycles. The maximum Gasteiger partial charge on any atom is 0.471 e. The summed E-state index contributed by atoms with van der Waals surface area (Å²) in [5.41, 5.74) is 1.92. The lowest BCUT2D eigenvalue weighted by atomic mass is 9.95. The first-order chi connectivity index (χ1) is 17.7. The van der Waals surface area contributed by atoms with Crippen LogP contribution in [-0.4, -0.2) is 61.1 Å². The highest BCUT2D eigenvalue weighted by molar-refractivity contribution is 5.95. The van der Waals surface area contributed by atoms with E-state index in [1.54, 1.807) is 29.7 Å². The van der Waals surface area contributed by atoms with Crippen molar-refractivity contribution in [1.29, 1.82) is 0 Å². The third-order valence-corrected chi connectivity index (χ3v) is 6.85. The number of carbonyl (C=O) groups excluding carboxylic acids is 1. The van der Waals surface area contributed by atoms with Crippen LogP contribution in [0.3, 0.4) is 0 Å². The van der Waals surface area contributed by atoms with Crippen molar-refractivity contribution >= 4 is 33.7 Å². The Hall–Kier alpha value is -3.77. The van der Waals surface area contributed by atoms with Gasteiger partial charge in [-0.1, -0.05) is 12.1 Å². The normalized spacial score (nSPS) is 22.0. The van der Waals surface area contributed by atoms with Crippen LogP contribution in [0.1, 0.15) is 24.4 Å². The number of nitrogens with zero attached hydrogens (tertiary/aromatic N) is 4. The summed E-state index contributed by atoms with van der Waals surface area (Å²) in [6.07, 6.45) is -2.08. The molecule has 0 bridgehead atoms. The van der Waals surface area contributed by atoms with Crippen molar-refractivity contribution in [2.24, 2.45) is 5.92 Å². The van der Waals surface area contributed by atoms with E-state index in [2.05, 4.69) is 15.0 Å². The number of aromatic nitrogens is 4. The fourth-order valence-corrected chi connectivity index (χ4v) is 4.97. The number of aliphatic hydroxyl groups is 2. The molecule has 9 nitrogen and oxygen atoms in total. The van der Waals surface area contributed by atoms with E-state index in [1.807, 2.05) is 16.7 Å². The average molecular weight is 515 g/mol. The van der Waals surface area contributed by atoms with Crippen LogP contribution in [0.15, 0.2) is 48.9 Å². The maximum absolute atomic E-state index is 12.6. The quantitative estimate of drug-likeness (QED) is 0.360. The topological polar surface area (TPSA) is 122 Å². The number of carbonyl (C=O) groups is 1. The summed E-state index contributed by atoms with van der Waals surface area (Å²) in [6.45, 7) is 0. The maximum atomic E-state index is 12.6. The van der Waals surface area contributed by atoms with Crippen molar-refractivity contribution in [2.75, 3.05) is 12.4 Å². The number of hydrogen-bond acceptors (Lipinski definition) is 7. The van der Waals surface area contributed by atoms with E-state index in [4.69, 9.17) is 4.74 Å². The molecule has 3 aromatic heterocycles. The number of anilines is 1. The SMILES string of the molecule is COc1ncnc2c1ccn2[C@@H]1C[C@H](CCc2ccc3ccc(NC(=O)C(F)(F)F)nc3c2)C(O)[C@H]1O. The predicted molar refractivity (Wildman–Crippen MR) is 128 cm³/mol. The van der Waals surface area contributed by atoms with E-state index >= 15 is 0 Å². The molecule has 0 spiro atoms. The summed E-state index contributed by atoms with van der Waals surface area (Å²) < 4.78 is 44.8. The first-order valence-electron chi connectivity index (χ1n) is 11.6. The molecule has 3 N–H and O–H groups in total. The van der Waals surface area contributed by atoms with Gasteiger partial charge in [-0.2, -0.15) is 13.2 Å². The molecule has 1 unspecified atom stereocenters. The third-order valence-electron chi connectivity index (χ3n) is 6.85. The molecule has 12 heteroatoms. The molecule has 1 fully saturated rings. The molecule has 5 rings (SSSR count). The zero-order valence-corrected chi connectivity index (χ0v) is 19.7. The molecule has 194 valence electrons. The molecule has 1 amide bonds. The minimum absolute atomic E-state index is 0.191. The molecular formula is C25H24F3N5O4. The number of nitrogens with one attached hydrogen (secondary N) is 1. The minimum atomic E-state index is -5.00. The summed E-state index contributed by atoms with van der Waals surface area (Å²) in [5, 5.41) is 24.8. The van der Waals surface area contributed by atoms with E-state index in [9.17, 15) is 28.2 Å². The van der Waals surface area contributed by atoms with Crippen molar-refractivity contribution in [3.05, 3.63) is 54.5 Å². The van der Waals surface area contributed by atoms with Crippen molar-refractivity contribution in [1.82, 2.24) is 19.5 Å². The standard InChI is InChI=1S/C25H24F3N5O4/c1-37-23-16-8-9-33(22(16)29-12-30-23)18-11-15(20(34)21(18)35)5-3-13-2-4-14-6-7-19(31-17(14)10-13)32-24(36)25(26,27)28/h2,4,6-10,12,15,18,20-21,34-35H,3,5,11H2,1H3,(H,31,32,36)/t15-,18+,20?,21-/m0/s1. The Balaban J connectivity index is 1.30. The Morgan fingerprint density at radius 3 is 2.70 bits per heavy atom. The molecule has 0 radical (unpaired) electrons. The number of fused-ring (bicyclic) bond motifs is 2. The molecule has 3 heterocycles. The smallest absolute Gasteiger partial charge is 0.471 e. The second kappa shape index (κ2) is 9.60. The van der Waals surface area contributed by atoms with Crippen molar-refractivity contribution in [3.8, 4) is 5.88 Å². The van der Waals surface area contributed by atoms with Gasteiger partial charge in [0.05, 0.1) is 30.2 Å². The van der Waals surface area contributed by atoms with Gasteiger partial charge in [0.1, 0.15) is 23.9 Å². The van der Waals surface area contributed by atoms with Gasteiger partial charge in [0.15, 0.2) is 0 Å². The Bertz CT molecular complexity index is 1460. The Morgan fingerprint density at radius 2 is 1.95 bits per heavy atom. The van der Waals surface area contributed by atoms with Crippen molar-refractivity contribution < 1.29 is 32.9 Å². The summed E-state index contributed by atoms with van der Waals surface area (Å²) in [4.78, 5) is 23.8. The number of amides is 1. The Kier molecular flexibility index (Phi) is 6.46. The second-order valence-corrected chi connectivity index (χ2v) is 9.10. The summed E-state index contributed by atoms with van der Waals surface area (Å²) in [5.74, 6) is -2.04. The number of benzene rings is 1. The van der Waals surface area contributed by atoms with E-state index in [0.717, 1.165) is 5.56 Å². The van der Waals surface area contributed by atoms with Gasteiger partial charge in [0.2, 0.25) is 5.88 Å². The van der Waals surface area contributed by atoms with E-state index < -0.39 is 24.3 Å². The van der Waals surface area contributed by atoms with E-state index in [0.29, 0.717) is 47.1 Å². The van der Waals surface area contributed by atoms with Crippen molar-refractivity contribution in [2.45, 2.75) is 43.7 Å². The molecular weight excluding hydrogens is 491 g/mol. The van der Waals surface area contributed by atoms with Crippen LogP contribution in [0.4, 0.5) is 19.0 Å². The lowest BCUT2D eigenvalue weighted by Crippen LogP contribution is -2.30. The molecule has 1 aromatic carbocycles. The van der Waals surface area contributed by atoms with Crippen LogP contribution >= 0.6 is 0 Å². The van der Waals surface area contributed by atoms with Crippen LogP contribution < -0.4 is 10.1 Å². The highest BCUT2D eigenvalue weighted by Gasteiger charge is 2.42. The highest BCUT2D eigenvalue weighted by Crippen LogP contribution is 2.40. The lowest BCUT2D eigenvalue weighted by Gasteiger charge is -2.19. The molecule has 4 aromatic rings. The Labute approximate surface area is 208 Å². The predicted octanol–water partition coefficient (Wildman–Crippen LogP) is 3.40. The summed E-state index contributed by atoms with van der Waals surface area (Å²) in [7, 11) is 1.52.